The number of rotatable bonds is 3. The molecule has 0 bridgehead atoms. The number of benzene rings is 2. The molecule has 0 saturated heterocycles. The molecule has 6 heteroatoms. The molecule has 0 aliphatic carbocycles. The van der Waals surface area contributed by atoms with E-state index in [-0.39, 0.29) is 5.56 Å². The minimum Gasteiger partial charge on any atom is -0.280 e. The first-order valence-electron chi connectivity index (χ1n) is 9.08. The van der Waals surface area contributed by atoms with E-state index < -0.39 is 0 Å². The molecule has 6 nitrogen and oxygen atoms in total. The van der Waals surface area contributed by atoms with E-state index in [1.807, 2.05) is 36.5 Å². The van der Waals surface area contributed by atoms with Crippen LogP contribution in [0, 0.1) is 0 Å². The largest absolute Gasteiger partial charge is 0.296 e. The highest BCUT2D eigenvalue weighted by Gasteiger charge is 2.17. The van der Waals surface area contributed by atoms with Crippen molar-refractivity contribution in [2.75, 3.05) is 6.54 Å². The third-order valence-electron chi connectivity index (χ3n) is 5.08. The molecule has 1 aliphatic rings. The summed E-state index contributed by atoms with van der Waals surface area (Å²) in [5.41, 5.74) is 3.94. The fourth-order valence-corrected chi connectivity index (χ4v) is 3.63. The summed E-state index contributed by atoms with van der Waals surface area (Å²) in [7, 11) is 0. The van der Waals surface area contributed by atoms with Gasteiger partial charge in [0, 0.05) is 24.7 Å². The summed E-state index contributed by atoms with van der Waals surface area (Å²) in [6.07, 6.45) is 4.57. The van der Waals surface area contributed by atoms with Gasteiger partial charge >= 0.3 is 0 Å². The van der Waals surface area contributed by atoms with E-state index >= 15 is 0 Å². The average Bonchev–Trinajstić information content (AvgIpc) is 3.16. The Morgan fingerprint density at radius 1 is 0.963 bits per heavy atom. The first-order chi connectivity index (χ1) is 13.3. The zero-order valence-electron chi connectivity index (χ0n) is 14.8. The predicted octanol–water partition coefficient (Wildman–Crippen LogP) is 2.60. The van der Waals surface area contributed by atoms with Gasteiger partial charge in [0.15, 0.2) is 5.52 Å². The van der Waals surface area contributed by atoms with Gasteiger partial charge in [-0.3, -0.25) is 9.69 Å². The van der Waals surface area contributed by atoms with Gasteiger partial charge in [-0.1, -0.05) is 42.5 Å². The number of fused-ring (bicyclic) bond motifs is 2. The zero-order chi connectivity index (χ0) is 18.2. The third-order valence-corrected chi connectivity index (χ3v) is 5.08. The summed E-state index contributed by atoms with van der Waals surface area (Å²) in [6, 6.07) is 18.3. The van der Waals surface area contributed by atoms with Crippen LogP contribution in [0.25, 0.3) is 16.6 Å². The maximum atomic E-state index is 12.9. The summed E-state index contributed by atoms with van der Waals surface area (Å²) in [5.74, 6) is 0. The highest BCUT2D eigenvalue weighted by molar-refractivity contribution is 5.76. The molecule has 0 radical (unpaired) electrons. The molecule has 1 aliphatic heterocycles. The van der Waals surface area contributed by atoms with E-state index in [0.29, 0.717) is 12.2 Å². The van der Waals surface area contributed by atoms with Gasteiger partial charge in [0.25, 0.3) is 5.56 Å². The average molecular weight is 357 g/mol. The number of aromatic nitrogens is 4. The summed E-state index contributed by atoms with van der Waals surface area (Å²) in [5, 5.41) is 9.62. The number of hydrogen-bond donors (Lipinski definition) is 0. The molecule has 4 aromatic rings. The Balaban J connectivity index is 1.45. The van der Waals surface area contributed by atoms with Gasteiger partial charge < -0.3 is 0 Å². The van der Waals surface area contributed by atoms with Gasteiger partial charge in [-0.25, -0.2) is 9.36 Å². The molecule has 0 unspecified atom stereocenters. The minimum absolute atomic E-state index is 0.152. The molecule has 3 heterocycles. The van der Waals surface area contributed by atoms with Crippen LogP contribution in [0.5, 0.6) is 0 Å². The maximum Gasteiger partial charge on any atom is 0.296 e. The molecular weight excluding hydrogens is 338 g/mol. The lowest BCUT2D eigenvalue weighted by atomic mass is 10.0. The Labute approximate surface area is 156 Å². The second kappa shape index (κ2) is 6.48. The predicted molar refractivity (Wildman–Crippen MR) is 104 cm³/mol. The van der Waals surface area contributed by atoms with Crippen molar-refractivity contribution in [3.8, 4) is 5.69 Å². The van der Waals surface area contributed by atoms with Crippen molar-refractivity contribution in [3.63, 3.8) is 0 Å². The Bertz CT molecular complexity index is 1160. The molecular formula is C21H19N5O. The Morgan fingerprint density at radius 2 is 1.74 bits per heavy atom. The Morgan fingerprint density at radius 3 is 2.59 bits per heavy atom. The van der Waals surface area contributed by atoms with Crippen molar-refractivity contribution in [2.45, 2.75) is 19.6 Å². The lowest BCUT2D eigenvalue weighted by molar-refractivity contribution is 0.186. The zero-order valence-corrected chi connectivity index (χ0v) is 14.8. The van der Waals surface area contributed by atoms with E-state index in [1.165, 1.54) is 15.8 Å². The van der Waals surface area contributed by atoms with E-state index in [9.17, 15) is 4.79 Å². The maximum absolute atomic E-state index is 12.9. The van der Waals surface area contributed by atoms with Crippen molar-refractivity contribution >= 4 is 10.9 Å². The van der Waals surface area contributed by atoms with E-state index in [0.717, 1.165) is 30.6 Å². The molecule has 0 spiro atoms. The van der Waals surface area contributed by atoms with Crippen LogP contribution in [0.3, 0.4) is 0 Å². The molecule has 2 aromatic carbocycles. The highest BCUT2D eigenvalue weighted by atomic mass is 16.1. The number of nitrogens with zero attached hydrogens (tertiary/aromatic N) is 5. The van der Waals surface area contributed by atoms with Crippen molar-refractivity contribution in [3.05, 3.63) is 88.5 Å². The number of hydrogen-bond acceptors (Lipinski definition) is 4. The van der Waals surface area contributed by atoms with Gasteiger partial charge in [0.1, 0.15) is 0 Å². The van der Waals surface area contributed by atoms with Gasteiger partial charge in [-0.15, -0.1) is 0 Å². The topological polar surface area (TPSA) is 56.0 Å². The lowest BCUT2D eigenvalue weighted by Crippen LogP contribution is -2.37. The Hall–Kier alpha value is -3.25. The quantitative estimate of drug-likeness (QED) is 0.566. The summed E-state index contributed by atoms with van der Waals surface area (Å²) in [4.78, 5) is 15.1. The van der Waals surface area contributed by atoms with E-state index in [2.05, 4.69) is 39.4 Å². The van der Waals surface area contributed by atoms with Crippen LogP contribution in [0.4, 0.5) is 0 Å². The molecule has 0 atom stereocenters. The molecule has 27 heavy (non-hydrogen) atoms. The molecule has 2 aromatic heterocycles. The molecule has 0 N–H and O–H groups in total. The lowest BCUT2D eigenvalue weighted by Gasteiger charge is -2.28. The second-order valence-corrected chi connectivity index (χ2v) is 6.88. The second-order valence-electron chi connectivity index (χ2n) is 6.88. The summed E-state index contributed by atoms with van der Waals surface area (Å²) in [6.45, 7) is 2.23. The van der Waals surface area contributed by atoms with Crippen LogP contribution in [-0.4, -0.2) is 31.0 Å². The van der Waals surface area contributed by atoms with Crippen molar-refractivity contribution in [1.29, 1.82) is 0 Å². The van der Waals surface area contributed by atoms with Crippen molar-refractivity contribution in [2.24, 2.45) is 0 Å². The first kappa shape index (κ1) is 16.0. The van der Waals surface area contributed by atoms with Crippen molar-refractivity contribution < 1.29 is 0 Å². The van der Waals surface area contributed by atoms with Crippen LogP contribution >= 0.6 is 0 Å². The Kier molecular flexibility index (Phi) is 3.83. The van der Waals surface area contributed by atoms with Gasteiger partial charge in [-0.2, -0.15) is 10.2 Å². The molecule has 134 valence electrons. The van der Waals surface area contributed by atoms with Gasteiger partial charge in [-0.05, 0) is 29.7 Å². The molecule has 5 rings (SSSR count). The molecule has 0 fully saturated rings. The van der Waals surface area contributed by atoms with Crippen LogP contribution in [-0.2, 0) is 19.6 Å². The van der Waals surface area contributed by atoms with Crippen LogP contribution in [0.2, 0.25) is 0 Å². The third kappa shape index (κ3) is 2.94. The first-order valence-corrected chi connectivity index (χ1v) is 9.08. The monoisotopic (exact) mass is 357 g/mol. The van der Waals surface area contributed by atoms with Crippen LogP contribution in [0.1, 0.15) is 11.1 Å². The fourth-order valence-electron chi connectivity index (χ4n) is 3.63. The van der Waals surface area contributed by atoms with Crippen molar-refractivity contribution in [1.82, 2.24) is 24.5 Å². The van der Waals surface area contributed by atoms with E-state index in [4.69, 9.17) is 0 Å². The highest BCUT2D eigenvalue weighted by Crippen LogP contribution is 2.18. The SMILES string of the molecule is O=c1c2nn(-c3ccccc3)cc2cnn1CN1CCc2ccccc2C1. The fraction of sp³-hybridized carbons (Fsp3) is 0.190. The van der Waals surface area contributed by atoms with E-state index in [1.54, 1.807) is 10.9 Å². The van der Waals surface area contributed by atoms with Gasteiger partial charge in [0.05, 0.1) is 18.6 Å². The van der Waals surface area contributed by atoms with Crippen LogP contribution < -0.4 is 5.56 Å². The van der Waals surface area contributed by atoms with Gasteiger partial charge in [0.2, 0.25) is 0 Å². The summed E-state index contributed by atoms with van der Waals surface area (Å²) >= 11 is 0. The normalized spacial score (nSPS) is 14.4. The smallest absolute Gasteiger partial charge is 0.280 e. The summed E-state index contributed by atoms with van der Waals surface area (Å²) < 4.78 is 3.24. The molecule has 0 saturated carbocycles. The minimum atomic E-state index is -0.152. The standard InChI is InChI=1S/C21H19N5O/c27-21-20-18(14-25(23-20)19-8-2-1-3-9-19)12-22-26(21)15-24-11-10-16-6-4-5-7-17(16)13-24/h1-9,12,14H,10-11,13,15H2. The number of para-hydroxylation sites is 1. The molecule has 0 amide bonds. The van der Waals surface area contributed by atoms with Crippen LogP contribution in [0.15, 0.2) is 71.8 Å².